The minimum atomic E-state index is 0.703. The zero-order valence-corrected chi connectivity index (χ0v) is 52.5. The zero-order chi connectivity index (χ0) is 61.8. The molecule has 0 amide bonds. The predicted molar refractivity (Wildman–Crippen MR) is 389 cm³/mol. The normalized spacial score (nSPS) is 12.0. The molecule has 12 aromatic carbocycles. The predicted octanol–water partition coefficient (Wildman–Crippen LogP) is 23.5. The summed E-state index contributed by atoms with van der Waals surface area (Å²) in [4.78, 5) is 16.1. The molecule has 0 aliphatic heterocycles. The Balaban J connectivity index is 0.000000967. The summed E-state index contributed by atoms with van der Waals surface area (Å²) in [5.74, 6) is 0.703. The highest BCUT2D eigenvalue weighted by molar-refractivity contribution is 7.25. The van der Waals surface area contributed by atoms with E-state index in [2.05, 4.69) is 318 Å². The average molecular weight is 1190 g/mol. The third kappa shape index (κ3) is 11.8. The van der Waals surface area contributed by atoms with Gasteiger partial charge in [0.2, 0.25) is 0 Å². The average Bonchev–Trinajstić information content (AvgIpc) is 1.63. The lowest BCUT2D eigenvalue weighted by Crippen LogP contribution is -1.99. The number of fused-ring (bicyclic) bond motifs is 6. The van der Waals surface area contributed by atoms with E-state index in [-0.39, 0.29) is 0 Å². The number of thiophene rings is 1. The van der Waals surface area contributed by atoms with E-state index in [1.807, 2.05) is 41.7 Å². The van der Waals surface area contributed by atoms with Crippen molar-refractivity contribution in [3.8, 4) is 73.0 Å². The minimum absolute atomic E-state index is 0.703. The molecule has 3 aromatic heterocycles. The van der Waals surface area contributed by atoms with E-state index in [1.165, 1.54) is 64.3 Å². The first-order valence-electron chi connectivity index (χ1n) is 31.1. The van der Waals surface area contributed by atoms with Crippen LogP contribution in [0.4, 0.5) is 0 Å². The van der Waals surface area contributed by atoms with Crippen LogP contribution >= 0.6 is 11.3 Å². The van der Waals surface area contributed by atoms with Gasteiger partial charge in [-0.3, -0.25) is 4.99 Å². The molecule has 0 saturated carbocycles. The van der Waals surface area contributed by atoms with Crippen molar-refractivity contribution in [2.24, 2.45) is 4.99 Å². The minimum Gasteiger partial charge on any atom is -0.309 e. The van der Waals surface area contributed by atoms with Crippen LogP contribution in [-0.2, 0) is 0 Å². The first-order chi connectivity index (χ1) is 44.7. The van der Waals surface area contributed by atoms with Gasteiger partial charge in [0.1, 0.15) is 0 Å². The summed E-state index contributed by atoms with van der Waals surface area (Å²) in [6, 6.07) is 106. The van der Waals surface area contributed by atoms with Gasteiger partial charge in [-0.05, 0) is 163 Å². The van der Waals surface area contributed by atoms with Crippen molar-refractivity contribution in [2.75, 3.05) is 0 Å². The van der Waals surface area contributed by atoms with Crippen LogP contribution in [-0.4, -0.2) is 20.2 Å². The third-order valence-electron chi connectivity index (χ3n) is 17.2. The lowest BCUT2D eigenvalue weighted by molar-refractivity contribution is 1.18. The van der Waals surface area contributed by atoms with Crippen LogP contribution in [0.15, 0.2) is 314 Å². The van der Waals surface area contributed by atoms with E-state index in [9.17, 15) is 0 Å². The number of allylic oxidation sites excluding steroid dienone is 3. The van der Waals surface area contributed by atoms with Crippen molar-refractivity contribution in [1.29, 1.82) is 0 Å². The molecule has 0 saturated heterocycles. The summed E-state index contributed by atoms with van der Waals surface area (Å²) in [5.41, 5.74) is 25.2. The van der Waals surface area contributed by atoms with E-state index >= 15 is 0 Å². The highest BCUT2D eigenvalue weighted by Gasteiger charge is 2.21. The Labute approximate surface area is 536 Å². The fourth-order valence-electron chi connectivity index (χ4n) is 12.6. The second kappa shape index (κ2) is 25.5. The smallest absolute Gasteiger partial charge is 0.161 e. The van der Waals surface area contributed by atoms with Crippen molar-refractivity contribution in [2.45, 2.75) is 34.6 Å². The fourth-order valence-corrected chi connectivity index (χ4v) is 13.6. The maximum atomic E-state index is 5.53. The monoisotopic (exact) mass is 1190 g/mol. The number of para-hydroxylation sites is 1. The standard InChI is InChI=1S/C79H58N4S.C7H8/c1-5-54(55-24-11-6-12-25-55)49-70(56-26-13-7-14-27-56)80-53(4)64-34-22-36-74-78(64)69-48-60(39-42-73(69)83(74)63-32-19-10-20-33-63)62-41-44-76-68(47-62)67-46-61(40-43-75(67)84-76)59-38-37-51(2)66(45-59)77-52(3)23-21-35-65(77)79-81-71(57-28-15-8-16-29-57)50-72(82-79)58-30-17-9-18-31-58;1-7-5-3-2-4-6-7/h5-50H,1-4H3;2-6H,1H3/b54-5-,70-49-,80-53?;. The molecule has 0 unspecified atom stereocenters. The van der Waals surface area contributed by atoms with Gasteiger partial charge in [0.25, 0.3) is 0 Å². The van der Waals surface area contributed by atoms with Crippen LogP contribution in [0.5, 0.6) is 0 Å². The Morgan fingerprint density at radius 3 is 1.52 bits per heavy atom. The summed E-state index contributed by atoms with van der Waals surface area (Å²) < 4.78 is 4.93. The highest BCUT2D eigenvalue weighted by Crippen LogP contribution is 2.44. The van der Waals surface area contributed by atoms with Crippen molar-refractivity contribution in [1.82, 2.24) is 14.5 Å². The number of rotatable bonds is 12. The van der Waals surface area contributed by atoms with Crippen LogP contribution in [0, 0.1) is 20.8 Å². The third-order valence-corrected chi connectivity index (χ3v) is 18.4. The van der Waals surface area contributed by atoms with E-state index in [0.29, 0.717) is 5.82 Å². The van der Waals surface area contributed by atoms with Gasteiger partial charge < -0.3 is 4.57 Å². The molecule has 0 radical (unpaired) electrons. The Morgan fingerprint density at radius 2 is 0.934 bits per heavy atom. The number of nitrogens with zero attached hydrogens (tertiary/aromatic N) is 4. The molecule has 5 heteroatoms. The SMILES string of the molecule is C/C=C(/C=C(\N=C(C)c1cccc2c1c1cc(-c3ccc4sc5ccc(-c6ccc(C)c(-c7c(C)cccc7-c7nc(-c8ccccc8)cc(-c8ccccc8)n7)c6)cc5c4c3)ccc1n2-c1ccccc1)c1ccccc1)c1ccccc1.Cc1ccccc1. The van der Waals surface area contributed by atoms with Crippen molar-refractivity contribution >= 4 is 70.3 Å². The molecule has 0 fully saturated rings. The van der Waals surface area contributed by atoms with Crippen molar-refractivity contribution in [3.63, 3.8) is 0 Å². The second-order valence-corrected chi connectivity index (χ2v) is 24.3. The van der Waals surface area contributed by atoms with Crippen LogP contribution in [0.1, 0.15) is 47.2 Å². The molecule has 91 heavy (non-hydrogen) atoms. The number of hydrogen-bond donors (Lipinski definition) is 0. The lowest BCUT2D eigenvalue weighted by atomic mass is 9.89. The lowest BCUT2D eigenvalue weighted by Gasteiger charge is -2.17. The molecule has 0 N–H and O–H groups in total. The molecule has 3 heterocycles. The van der Waals surface area contributed by atoms with Crippen molar-refractivity contribution < 1.29 is 0 Å². The van der Waals surface area contributed by atoms with Gasteiger partial charge in [0, 0.05) is 70.2 Å². The Hall–Kier alpha value is -11.1. The van der Waals surface area contributed by atoms with Gasteiger partial charge in [-0.25, -0.2) is 9.97 Å². The molecular weight excluding hydrogens is 1120 g/mol. The van der Waals surface area contributed by atoms with E-state index in [4.69, 9.17) is 15.0 Å². The molecule has 0 aliphatic carbocycles. The number of aromatic nitrogens is 3. The summed E-state index contributed by atoms with van der Waals surface area (Å²) >= 11 is 1.85. The molecule has 436 valence electrons. The van der Waals surface area contributed by atoms with Gasteiger partial charge in [0.05, 0.1) is 28.1 Å². The maximum absolute atomic E-state index is 5.53. The fraction of sp³-hybridized carbons (Fsp3) is 0.0581. The topological polar surface area (TPSA) is 43.1 Å². The molecule has 0 aliphatic rings. The molecule has 15 aromatic rings. The Kier molecular flexibility index (Phi) is 16.2. The van der Waals surface area contributed by atoms with E-state index in [1.54, 1.807) is 0 Å². The van der Waals surface area contributed by atoms with Gasteiger partial charge in [-0.15, -0.1) is 11.3 Å². The summed E-state index contributed by atoms with van der Waals surface area (Å²) in [7, 11) is 0. The quantitative estimate of drug-likeness (QED) is 0.0904. The number of aliphatic imine (C=N–C) groups is 1. The summed E-state index contributed by atoms with van der Waals surface area (Å²) in [5, 5.41) is 4.85. The molecule has 15 rings (SSSR count). The van der Waals surface area contributed by atoms with E-state index in [0.717, 1.165) is 95.2 Å². The van der Waals surface area contributed by atoms with Crippen molar-refractivity contribution in [3.05, 3.63) is 343 Å². The van der Waals surface area contributed by atoms with Crippen LogP contribution in [0.25, 0.3) is 126 Å². The van der Waals surface area contributed by atoms with Gasteiger partial charge in [0.15, 0.2) is 5.82 Å². The molecule has 0 bridgehead atoms. The van der Waals surface area contributed by atoms with Crippen LogP contribution in [0.2, 0.25) is 0 Å². The number of benzene rings is 12. The van der Waals surface area contributed by atoms with E-state index < -0.39 is 0 Å². The molecule has 4 nitrogen and oxygen atoms in total. The summed E-state index contributed by atoms with van der Waals surface area (Å²) in [6.07, 6.45) is 4.39. The maximum Gasteiger partial charge on any atom is 0.161 e. The number of hydrogen-bond acceptors (Lipinski definition) is 4. The Bertz CT molecular complexity index is 5180. The second-order valence-electron chi connectivity index (χ2n) is 23.2. The van der Waals surface area contributed by atoms with Crippen LogP contribution in [0.3, 0.4) is 0 Å². The highest BCUT2D eigenvalue weighted by atomic mass is 32.1. The molecule has 0 atom stereocenters. The first kappa shape index (κ1) is 57.6. The Morgan fingerprint density at radius 1 is 0.418 bits per heavy atom. The largest absolute Gasteiger partial charge is 0.309 e. The zero-order valence-electron chi connectivity index (χ0n) is 51.6. The molecule has 0 spiro atoms. The van der Waals surface area contributed by atoms with Crippen LogP contribution < -0.4 is 0 Å². The summed E-state index contributed by atoms with van der Waals surface area (Å²) in [6.45, 7) is 10.7. The van der Waals surface area contributed by atoms with Gasteiger partial charge in [-0.1, -0.05) is 242 Å². The first-order valence-corrected chi connectivity index (χ1v) is 31.9. The van der Waals surface area contributed by atoms with Gasteiger partial charge in [-0.2, -0.15) is 0 Å². The number of aryl methyl sites for hydroxylation is 3. The van der Waals surface area contributed by atoms with Gasteiger partial charge >= 0.3 is 0 Å². The molecular formula is C86H66N4S.